The van der Waals surface area contributed by atoms with Gasteiger partial charge >= 0.3 is 0 Å². The van der Waals surface area contributed by atoms with Gasteiger partial charge in [0.15, 0.2) is 5.78 Å². The minimum absolute atomic E-state index is 0.0858. The van der Waals surface area contributed by atoms with Crippen LogP contribution in [-0.4, -0.2) is 58.3 Å². The highest BCUT2D eigenvalue weighted by molar-refractivity contribution is 6.36. The fraction of sp³-hybridized carbons (Fsp3) is 0.250. The number of hydrogen-bond acceptors (Lipinski definition) is 7. The Labute approximate surface area is 227 Å². The molecule has 0 aliphatic carbocycles. The third kappa shape index (κ3) is 5.25. The number of aryl methyl sites for hydroxylation is 1. The van der Waals surface area contributed by atoms with Crippen molar-refractivity contribution >= 4 is 41.8 Å². The molecule has 0 saturated heterocycles. The molecular formula is C28H28BClN2O6. The number of ether oxygens (including phenoxy) is 4. The topological polar surface area (TPSA) is 102 Å². The van der Waals surface area contributed by atoms with Crippen molar-refractivity contribution in [2.24, 2.45) is 0 Å². The Hall–Kier alpha value is -3.82. The quantitative estimate of drug-likeness (QED) is 0.187. The average Bonchev–Trinajstić information content (AvgIpc) is 3.32. The Morgan fingerprint density at radius 3 is 2.45 bits per heavy atom. The number of benzene rings is 3. The monoisotopic (exact) mass is 534 g/mol. The van der Waals surface area contributed by atoms with Crippen LogP contribution in [0.1, 0.15) is 21.5 Å². The van der Waals surface area contributed by atoms with E-state index in [1.165, 1.54) is 14.2 Å². The number of Topliss-reactive ketones (excluding diaryl/α,β-unsaturated/α-hetero) is 1. The smallest absolute Gasteiger partial charge is 0.185 e. The molecule has 2 radical (unpaired) electrons. The van der Waals surface area contributed by atoms with Gasteiger partial charge in [0.25, 0.3) is 0 Å². The molecule has 1 unspecified atom stereocenters. The first-order chi connectivity index (χ1) is 18.2. The number of rotatable bonds is 11. The van der Waals surface area contributed by atoms with Gasteiger partial charge in [-0.1, -0.05) is 17.7 Å². The lowest BCUT2D eigenvalue weighted by atomic mass is 9.66. The summed E-state index contributed by atoms with van der Waals surface area (Å²) in [5, 5.41) is 13.5. The SMILES string of the molecule is [B]C(Nc1cc(OC)cc(OCCO)c1)(C(=O)c1c[nH]c2cc(OC)c(C)cc12)c1ccc(Cl)cc1OC. The van der Waals surface area contributed by atoms with Crippen molar-refractivity contribution < 1.29 is 28.8 Å². The minimum atomic E-state index is -1.81. The number of aromatic amines is 1. The second-order valence-electron chi connectivity index (χ2n) is 8.65. The second-order valence-corrected chi connectivity index (χ2v) is 9.08. The highest BCUT2D eigenvalue weighted by Crippen LogP contribution is 2.39. The van der Waals surface area contributed by atoms with E-state index in [4.69, 9.17) is 38.4 Å². The molecule has 0 bridgehead atoms. The highest BCUT2D eigenvalue weighted by atomic mass is 35.5. The number of ketones is 1. The molecule has 0 saturated carbocycles. The van der Waals surface area contributed by atoms with Crippen molar-refractivity contribution in [2.45, 2.75) is 12.4 Å². The molecule has 0 aliphatic heterocycles. The molecule has 1 heterocycles. The lowest BCUT2D eigenvalue weighted by Gasteiger charge is -2.33. The first-order valence-corrected chi connectivity index (χ1v) is 12.2. The first kappa shape index (κ1) is 27.2. The maximum atomic E-state index is 14.4. The van der Waals surface area contributed by atoms with Crippen LogP contribution in [0, 0.1) is 6.92 Å². The standard InChI is InChI=1S/C28H28BClN2O6/c1-16-9-21-22(15-31-24(21)14-25(16)36-3)27(34)28(29,23-6-5-17(30)10-26(23)37-4)32-18-11-19(35-2)13-20(12-18)38-8-7-33/h5-6,9-15,31-33H,7-8H2,1-4H3. The molecular weight excluding hydrogens is 507 g/mol. The van der Waals surface area contributed by atoms with Gasteiger partial charge < -0.3 is 34.4 Å². The number of hydrogen-bond donors (Lipinski definition) is 3. The summed E-state index contributed by atoms with van der Waals surface area (Å²) in [4.78, 5) is 17.5. The number of methoxy groups -OCH3 is 3. The Morgan fingerprint density at radius 1 is 1.03 bits per heavy atom. The fourth-order valence-corrected chi connectivity index (χ4v) is 4.51. The van der Waals surface area contributed by atoms with Crippen LogP contribution in [0.3, 0.4) is 0 Å². The second kappa shape index (κ2) is 11.3. The van der Waals surface area contributed by atoms with Crippen molar-refractivity contribution in [1.82, 2.24) is 4.98 Å². The molecule has 0 fully saturated rings. The predicted octanol–water partition coefficient (Wildman–Crippen LogP) is 4.84. The van der Waals surface area contributed by atoms with Crippen molar-refractivity contribution in [1.29, 1.82) is 0 Å². The van der Waals surface area contributed by atoms with Crippen LogP contribution in [0.5, 0.6) is 23.0 Å². The third-order valence-electron chi connectivity index (χ3n) is 6.21. The molecule has 0 amide bonds. The summed E-state index contributed by atoms with van der Waals surface area (Å²) < 4.78 is 22.0. The number of aliphatic hydroxyl groups excluding tert-OH is 1. The predicted molar refractivity (Wildman–Crippen MR) is 149 cm³/mol. The largest absolute Gasteiger partial charge is 0.497 e. The Morgan fingerprint density at radius 2 is 1.76 bits per heavy atom. The van der Waals surface area contributed by atoms with Crippen molar-refractivity contribution in [3.05, 3.63) is 76.4 Å². The molecule has 8 nitrogen and oxygen atoms in total. The van der Waals surface area contributed by atoms with Gasteiger partial charge in [-0.25, -0.2) is 0 Å². The van der Waals surface area contributed by atoms with E-state index in [0.717, 1.165) is 11.1 Å². The zero-order valence-electron chi connectivity index (χ0n) is 21.6. The van der Waals surface area contributed by atoms with Crippen molar-refractivity contribution in [2.75, 3.05) is 39.9 Å². The molecule has 10 heteroatoms. The van der Waals surface area contributed by atoms with Gasteiger partial charge in [-0.2, -0.15) is 0 Å². The maximum absolute atomic E-state index is 14.4. The number of halogens is 1. The summed E-state index contributed by atoms with van der Waals surface area (Å²) >= 11 is 6.22. The van der Waals surface area contributed by atoms with E-state index in [1.54, 1.807) is 49.7 Å². The number of aromatic nitrogens is 1. The molecule has 1 aromatic heterocycles. The van der Waals surface area contributed by atoms with Gasteiger partial charge in [0, 0.05) is 63.2 Å². The Balaban J connectivity index is 1.89. The highest BCUT2D eigenvalue weighted by Gasteiger charge is 2.39. The number of carbonyl (C=O) groups is 1. The van der Waals surface area contributed by atoms with Gasteiger partial charge in [0.05, 0.1) is 33.4 Å². The van der Waals surface area contributed by atoms with Crippen LogP contribution in [0.15, 0.2) is 54.7 Å². The van der Waals surface area contributed by atoms with Crippen LogP contribution in [-0.2, 0) is 5.44 Å². The van der Waals surface area contributed by atoms with Crippen molar-refractivity contribution in [3.63, 3.8) is 0 Å². The van der Waals surface area contributed by atoms with Crippen molar-refractivity contribution in [3.8, 4) is 23.0 Å². The molecule has 0 aliphatic rings. The maximum Gasteiger partial charge on any atom is 0.185 e. The fourth-order valence-electron chi connectivity index (χ4n) is 4.35. The third-order valence-corrected chi connectivity index (χ3v) is 6.44. The van der Waals surface area contributed by atoms with Crippen LogP contribution in [0.4, 0.5) is 5.69 Å². The zero-order valence-corrected chi connectivity index (χ0v) is 22.3. The number of nitrogens with one attached hydrogen (secondary N) is 2. The molecule has 3 N–H and O–H groups in total. The summed E-state index contributed by atoms with van der Waals surface area (Å²) in [5.74, 6) is 1.50. The number of fused-ring (bicyclic) bond motifs is 1. The van der Waals surface area contributed by atoms with E-state index in [0.29, 0.717) is 50.2 Å². The Bertz CT molecular complexity index is 1470. The molecule has 0 spiro atoms. The molecule has 4 aromatic rings. The van der Waals surface area contributed by atoms with E-state index < -0.39 is 11.2 Å². The summed E-state index contributed by atoms with van der Waals surface area (Å²) in [7, 11) is 11.6. The van der Waals surface area contributed by atoms with E-state index in [9.17, 15) is 9.90 Å². The van der Waals surface area contributed by atoms with E-state index >= 15 is 0 Å². The summed E-state index contributed by atoms with van der Waals surface area (Å²) in [6.07, 6.45) is 1.62. The van der Waals surface area contributed by atoms with E-state index in [1.807, 2.05) is 19.1 Å². The molecule has 196 valence electrons. The first-order valence-electron chi connectivity index (χ1n) is 11.8. The lowest BCUT2D eigenvalue weighted by Crippen LogP contribution is -2.44. The summed E-state index contributed by atoms with van der Waals surface area (Å²) in [6.45, 7) is 1.83. The van der Waals surface area contributed by atoms with Crippen LogP contribution in [0.2, 0.25) is 5.02 Å². The number of anilines is 1. The average molecular weight is 535 g/mol. The molecule has 1 atom stereocenters. The molecule has 4 rings (SSSR count). The van der Waals surface area contributed by atoms with Gasteiger partial charge in [-0.15, -0.1) is 0 Å². The number of aliphatic hydroxyl groups is 1. The normalized spacial score (nSPS) is 12.6. The van der Waals surface area contributed by atoms with E-state index in [2.05, 4.69) is 10.3 Å². The molecule has 38 heavy (non-hydrogen) atoms. The van der Waals surface area contributed by atoms with Crippen LogP contribution in [0.25, 0.3) is 10.9 Å². The van der Waals surface area contributed by atoms with Crippen LogP contribution < -0.4 is 24.3 Å². The van der Waals surface area contributed by atoms with Gasteiger partial charge in [-0.3, -0.25) is 4.79 Å². The van der Waals surface area contributed by atoms with Crippen LogP contribution >= 0.6 is 11.6 Å². The Kier molecular flexibility index (Phi) is 8.09. The van der Waals surface area contributed by atoms with E-state index in [-0.39, 0.29) is 13.2 Å². The summed E-state index contributed by atoms with van der Waals surface area (Å²) in [6, 6.07) is 13.6. The van der Waals surface area contributed by atoms with Gasteiger partial charge in [-0.05, 0) is 30.7 Å². The minimum Gasteiger partial charge on any atom is -0.497 e. The van der Waals surface area contributed by atoms with Gasteiger partial charge in [0.2, 0.25) is 0 Å². The number of H-pyrrole nitrogens is 1. The molecule has 3 aromatic carbocycles. The van der Waals surface area contributed by atoms with Gasteiger partial charge in [0.1, 0.15) is 37.5 Å². The summed E-state index contributed by atoms with van der Waals surface area (Å²) in [5.41, 5.74) is 0.975. The number of carbonyl (C=O) groups excluding carboxylic acids is 1. The zero-order chi connectivity index (χ0) is 27.4. The lowest BCUT2D eigenvalue weighted by molar-refractivity contribution is 0.0950.